The molecule has 0 atom stereocenters. The van der Waals surface area contributed by atoms with Crippen LogP contribution >= 0.6 is 23.1 Å². The van der Waals surface area contributed by atoms with Crippen LogP contribution in [0.5, 0.6) is 0 Å². The van der Waals surface area contributed by atoms with E-state index in [-0.39, 0.29) is 17.2 Å². The van der Waals surface area contributed by atoms with Gasteiger partial charge in [0.2, 0.25) is 5.91 Å². The minimum Gasteiger partial charge on any atom is -0.351 e. The summed E-state index contributed by atoms with van der Waals surface area (Å²) in [5, 5.41) is 5.86. The summed E-state index contributed by atoms with van der Waals surface area (Å²) in [6.07, 6.45) is 0. The Kier molecular flexibility index (Phi) is 5.55. The van der Waals surface area contributed by atoms with Gasteiger partial charge < -0.3 is 10.3 Å². The molecule has 0 saturated heterocycles. The molecule has 0 fully saturated rings. The molecule has 5 nitrogen and oxygen atoms in total. The lowest BCUT2D eigenvalue weighted by molar-refractivity contribution is -0.118. The van der Waals surface area contributed by atoms with E-state index in [1.165, 1.54) is 23.1 Å². The molecule has 28 heavy (non-hydrogen) atoms. The van der Waals surface area contributed by atoms with Gasteiger partial charge in [-0.05, 0) is 11.1 Å². The fourth-order valence-electron chi connectivity index (χ4n) is 2.81. The van der Waals surface area contributed by atoms with E-state index >= 15 is 0 Å². The van der Waals surface area contributed by atoms with Gasteiger partial charge in [-0.15, -0.1) is 11.3 Å². The molecule has 0 spiro atoms. The zero-order valence-corrected chi connectivity index (χ0v) is 16.5. The molecule has 0 aliphatic carbocycles. The number of hydrogen-bond acceptors (Lipinski definition) is 5. The van der Waals surface area contributed by atoms with E-state index in [2.05, 4.69) is 15.3 Å². The summed E-state index contributed by atoms with van der Waals surface area (Å²) in [6.45, 7) is 0.481. The number of thiophene rings is 1. The molecule has 0 radical (unpaired) electrons. The molecule has 0 unspecified atom stereocenters. The number of aromatic nitrogens is 2. The molecule has 140 valence electrons. The van der Waals surface area contributed by atoms with Crippen LogP contribution in [0.2, 0.25) is 0 Å². The lowest BCUT2D eigenvalue weighted by Gasteiger charge is -2.05. The molecule has 2 N–H and O–H groups in total. The number of benzene rings is 2. The Morgan fingerprint density at radius 1 is 1.07 bits per heavy atom. The molecule has 0 aliphatic heterocycles. The van der Waals surface area contributed by atoms with Crippen LogP contribution in [0.1, 0.15) is 5.56 Å². The fourth-order valence-corrected chi connectivity index (χ4v) is 4.51. The van der Waals surface area contributed by atoms with Crippen LogP contribution in [-0.4, -0.2) is 21.6 Å². The number of rotatable bonds is 6. The second-order valence-electron chi connectivity index (χ2n) is 6.12. The zero-order valence-electron chi connectivity index (χ0n) is 14.8. The number of fused-ring (bicyclic) bond motifs is 1. The molecule has 4 aromatic rings. The maximum atomic E-state index is 12.6. The third-order valence-corrected chi connectivity index (χ3v) is 5.93. The SMILES string of the molecule is O=C(CSc1nc2scc(-c3ccccc3)c2c(=O)[nH]1)NCc1ccccc1. The largest absolute Gasteiger partial charge is 0.351 e. The molecule has 0 aliphatic rings. The minimum atomic E-state index is -0.183. The Hall–Kier alpha value is -2.90. The topological polar surface area (TPSA) is 74.8 Å². The van der Waals surface area contributed by atoms with Crippen molar-refractivity contribution in [3.63, 3.8) is 0 Å². The number of carbonyl (C=O) groups is 1. The number of aromatic amines is 1. The van der Waals surface area contributed by atoms with Gasteiger partial charge in [-0.25, -0.2) is 4.98 Å². The van der Waals surface area contributed by atoms with Crippen molar-refractivity contribution in [1.82, 2.24) is 15.3 Å². The number of carbonyl (C=O) groups excluding carboxylic acids is 1. The Balaban J connectivity index is 1.45. The number of amides is 1. The maximum absolute atomic E-state index is 12.6. The normalized spacial score (nSPS) is 10.9. The van der Waals surface area contributed by atoms with Crippen molar-refractivity contribution in [3.8, 4) is 11.1 Å². The van der Waals surface area contributed by atoms with E-state index in [0.717, 1.165) is 16.7 Å². The van der Waals surface area contributed by atoms with E-state index in [1.54, 1.807) is 0 Å². The number of nitrogens with zero attached hydrogens (tertiary/aromatic N) is 1. The highest BCUT2D eigenvalue weighted by Gasteiger charge is 2.13. The number of thioether (sulfide) groups is 1. The lowest BCUT2D eigenvalue weighted by atomic mass is 10.1. The lowest BCUT2D eigenvalue weighted by Crippen LogP contribution is -2.24. The number of hydrogen-bond donors (Lipinski definition) is 2. The van der Waals surface area contributed by atoms with Gasteiger partial charge >= 0.3 is 0 Å². The molecule has 0 bridgehead atoms. The molecule has 2 heterocycles. The standard InChI is InChI=1S/C21H17N3O2S2/c25-17(22-11-14-7-3-1-4-8-14)13-28-21-23-19(26)18-16(12-27-20(18)24-21)15-9-5-2-6-10-15/h1-10,12H,11,13H2,(H,22,25)(H,23,24,26). The Morgan fingerprint density at radius 3 is 2.54 bits per heavy atom. The summed E-state index contributed by atoms with van der Waals surface area (Å²) < 4.78 is 0. The van der Waals surface area contributed by atoms with Crippen molar-refractivity contribution in [2.75, 3.05) is 5.75 Å². The summed E-state index contributed by atoms with van der Waals surface area (Å²) in [5.74, 6) is 0.0887. The number of nitrogens with one attached hydrogen (secondary N) is 2. The molecule has 1 amide bonds. The van der Waals surface area contributed by atoms with Crippen molar-refractivity contribution in [1.29, 1.82) is 0 Å². The molecule has 2 aromatic heterocycles. The van der Waals surface area contributed by atoms with Crippen LogP contribution in [0.15, 0.2) is 76.0 Å². The predicted molar refractivity (Wildman–Crippen MR) is 115 cm³/mol. The van der Waals surface area contributed by atoms with Crippen LogP contribution < -0.4 is 10.9 Å². The summed E-state index contributed by atoms with van der Waals surface area (Å²) in [5.41, 5.74) is 2.73. The molecule has 7 heteroatoms. The first-order valence-electron chi connectivity index (χ1n) is 8.71. The van der Waals surface area contributed by atoms with Crippen LogP contribution in [-0.2, 0) is 11.3 Å². The monoisotopic (exact) mass is 407 g/mol. The van der Waals surface area contributed by atoms with Gasteiger partial charge in [0.05, 0.1) is 11.1 Å². The van der Waals surface area contributed by atoms with Crippen LogP contribution in [0, 0.1) is 0 Å². The summed E-state index contributed by atoms with van der Waals surface area (Å²) >= 11 is 2.66. The average Bonchev–Trinajstić information content (AvgIpc) is 3.17. The quantitative estimate of drug-likeness (QED) is 0.373. The van der Waals surface area contributed by atoms with Crippen molar-refractivity contribution in [3.05, 3.63) is 82.0 Å². The van der Waals surface area contributed by atoms with Crippen LogP contribution in [0.3, 0.4) is 0 Å². The van der Waals surface area contributed by atoms with Crippen LogP contribution in [0.25, 0.3) is 21.3 Å². The zero-order chi connectivity index (χ0) is 19.3. The fraction of sp³-hybridized carbons (Fsp3) is 0.0952. The third kappa shape index (κ3) is 4.16. The first kappa shape index (κ1) is 18.5. The van der Waals surface area contributed by atoms with E-state index in [4.69, 9.17) is 0 Å². The minimum absolute atomic E-state index is 0.104. The second-order valence-corrected chi connectivity index (χ2v) is 7.94. The molecular weight excluding hydrogens is 390 g/mol. The van der Waals surface area contributed by atoms with Gasteiger partial charge in [-0.2, -0.15) is 0 Å². The first-order chi connectivity index (χ1) is 13.7. The highest BCUT2D eigenvalue weighted by molar-refractivity contribution is 7.99. The highest BCUT2D eigenvalue weighted by atomic mass is 32.2. The van der Waals surface area contributed by atoms with Gasteiger partial charge in [0, 0.05) is 17.5 Å². The number of H-pyrrole nitrogens is 1. The van der Waals surface area contributed by atoms with Gasteiger partial charge in [-0.3, -0.25) is 9.59 Å². The molecule has 4 rings (SSSR count). The predicted octanol–water partition coefficient (Wildman–Crippen LogP) is 4.06. The summed E-state index contributed by atoms with van der Waals surface area (Å²) in [6, 6.07) is 19.5. The second kappa shape index (κ2) is 8.41. The Morgan fingerprint density at radius 2 is 1.79 bits per heavy atom. The van der Waals surface area contributed by atoms with Crippen molar-refractivity contribution in [2.24, 2.45) is 0 Å². The van der Waals surface area contributed by atoms with E-state index in [9.17, 15) is 9.59 Å². The molecule has 0 saturated carbocycles. The van der Waals surface area contributed by atoms with Crippen molar-refractivity contribution in [2.45, 2.75) is 11.7 Å². The van der Waals surface area contributed by atoms with Crippen molar-refractivity contribution >= 4 is 39.2 Å². The van der Waals surface area contributed by atoms with E-state index in [1.807, 2.05) is 66.0 Å². The van der Waals surface area contributed by atoms with Gasteiger partial charge in [0.25, 0.3) is 5.56 Å². The smallest absolute Gasteiger partial charge is 0.260 e. The molecule has 2 aromatic carbocycles. The Bertz CT molecular complexity index is 1150. The van der Waals surface area contributed by atoms with Gasteiger partial charge in [-0.1, -0.05) is 72.4 Å². The highest BCUT2D eigenvalue weighted by Crippen LogP contribution is 2.31. The first-order valence-corrected chi connectivity index (χ1v) is 10.6. The van der Waals surface area contributed by atoms with E-state index in [0.29, 0.717) is 21.9 Å². The van der Waals surface area contributed by atoms with Gasteiger partial charge in [0.15, 0.2) is 5.16 Å². The van der Waals surface area contributed by atoms with Gasteiger partial charge in [0.1, 0.15) is 4.83 Å². The maximum Gasteiger partial charge on any atom is 0.260 e. The third-order valence-electron chi connectivity index (χ3n) is 4.18. The van der Waals surface area contributed by atoms with E-state index < -0.39 is 0 Å². The summed E-state index contributed by atoms with van der Waals surface area (Å²) in [4.78, 5) is 32.7. The Labute approximate surface area is 169 Å². The van der Waals surface area contributed by atoms with Crippen LogP contribution in [0.4, 0.5) is 0 Å². The van der Waals surface area contributed by atoms with Crippen molar-refractivity contribution < 1.29 is 4.79 Å². The summed E-state index contributed by atoms with van der Waals surface area (Å²) in [7, 11) is 0. The molecular formula is C21H17N3O2S2. The average molecular weight is 408 g/mol.